The van der Waals surface area contributed by atoms with E-state index in [0.717, 1.165) is 52.6 Å². The third kappa shape index (κ3) is 3.69. The van der Waals surface area contributed by atoms with Crippen LogP contribution >= 0.6 is 0 Å². The maximum atomic E-state index is 5.53. The Morgan fingerprint density at radius 2 is 1.79 bits per heavy atom. The quantitative estimate of drug-likeness (QED) is 0.466. The maximum Gasteiger partial charge on any atom is 0.165 e. The van der Waals surface area contributed by atoms with Gasteiger partial charge in [0.1, 0.15) is 11.6 Å². The minimum Gasteiger partial charge on any atom is -0.494 e. The van der Waals surface area contributed by atoms with Gasteiger partial charge >= 0.3 is 0 Å². The Labute approximate surface area is 165 Å². The van der Waals surface area contributed by atoms with Crippen LogP contribution in [0.5, 0.6) is 5.75 Å². The number of ether oxygens (including phenoxy) is 1. The van der Waals surface area contributed by atoms with Gasteiger partial charge in [0, 0.05) is 23.0 Å². The monoisotopic (exact) mass is 372 g/mol. The van der Waals surface area contributed by atoms with Crippen molar-refractivity contribution in [2.24, 2.45) is 0 Å². The molecule has 0 bridgehead atoms. The summed E-state index contributed by atoms with van der Waals surface area (Å²) >= 11 is 0. The van der Waals surface area contributed by atoms with Crippen molar-refractivity contribution in [2.75, 3.05) is 11.9 Å². The van der Waals surface area contributed by atoms with Crippen LogP contribution in [-0.2, 0) is 6.42 Å². The minimum absolute atomic E-state index is 0.660. The summed E-state index contributed by atoms with van der Waals surface area (Å²) in [6, 6.07) is 20.3. The van der Waals surface area contributed by atoms with E-state index < -0.39 is 0 Å². The Morgan fingerprint density at radius 1 is 1.00 bits per heavy atom. The molecule has 0 spiro atoms. The lowest BCUT2D eigenvalue weighted by Crippen LogP contribution is -2.04. The van der Waals surface area contributed by atoms with Gasteiger partial charge in [0.25, 0.3) is 0 Å². The van der Waals surface area contributed by atoms with Crippen LogP contribution in [0.25, 0.3) is 16.8 Å². The zero-order valence-corrected chi connectivity index (χ0v) is 16.2. The third-order valence-corrected chi connectivity index (χ3v) is 4.55. The van der Waals surface area contributed by atoms with Crippen LogP contribution in [0, 0.1) is 0 Å². The van der Waals surface area contributed by atoms with E-state index in [4.69, 9.17) is 9.72 Å². The van der Waals surface area contributed by atoms with Crippen LogP contribution < -0.4 is 10.1 Å². The van der Waals surface area contributed by atoms with Gasteiger partial charge in [-0.15, -0.1) is 0 Å². The summed E-state index contributed by atoms with van der Waals surface area (Å²) in [5.41, 5.74) is 5.06. The number of aryl methyl sites for hydroxylation is 1. The fourth-order valence-electron chi connectivity index (χ4n) is 3.26. The molecule has 2 aromatic heterocycles. The lowest BCUT2D eigenvalue weighted by atomic mass is 10.1. The summed E-state index contributed by atoms with van der Waals surface area (Å²) in [7, 11) is 0. The molecule has 0 fully saturated rings. The van der Waals surface area contributed by atoms with Crippen LogP contribution in [0.2, 0.25) is 0 Å². The molecule has 0 aliphatic heterocycles. The van der Waals surface area contributed by atoms with Crippen molar-refractivity contribution in [3.63, 3.8) is 0 Å². The van der Waals surface area contributed by atoms with Gasteiger partial charge in [-0.3, -0.25) is 0 Å². The molecule has 2 heterocycles. The highest BCUT2D eigenvalue weighted by Gasteiger charge is 2.13. The third-order valence-electron chi connectivity index (χ3n) is 4.55. The molecule has 0 saturated carbocycles. The summed E-state index contributed by atoms with van der Waals surface area (Å²) in [5.74, 6) is 1.77. The van der Waals surface area contributed by atoms with Gasteiger partial charge in [-0.2, -0.15) is 9.61 Å². The van der Waals surface area contributed by atoms with Crippen molar-refractivity contribution in [1.82, 2.24) is 14.6 Å². The van der Waals surface area contributed by atoms with E-state index in [-0.39, 0.29) is 0 Å². The molecule has 0 aliphatic carbocycles. The molecule has 4 aromatic rings. The van der Waals surface area contributed by atoms with Crippen molar-refractivity contribution in [1.29, 1.82) is 0 Å². The van der Waals surface area contributed by atoms with E-state index in [1.165, 1.54) is 0 Å². The predicted molar refractivity (Wildman–Crippen MR) is 113 cm³/mol. The fourth-order valence-corrected chi connectivity index (χ4v) is 3.26. The zero-order valence-electron chi connectivity index (χ0n) is 16.2. The number of anilines is 2. The van der Waals surface area contributed by atoms with Crippen molar-refractivity contribution >= 4 is 17.2 Å². The number of nitrogens with zero attached hydrogens (tertiary/aromatic N) is 3. The average molecular weight is 372 g/mol. The number of benzene rings is 2. The Bertz CT molecular complexity index is 1060. The Morgan fingerprint density at radius 3 is 2.50 bits per heavy atom. The van der Waals surface area contributed by atoms with Crippen LogP contribution in [-0.4, -0.2) is 21.2 Å². The Balaban J connectivity index is 1.75. The molecule has 0 saturated heterocycles. The van der Waals surface area contributed by atoms with Crippen molar-refractivity contribution < 1.29 is 4.74 Å². The fraction of sp³-hybridized carbons (Fsp3) is 0.217. The molecule has 0 atom stereocenters. The second-order valence-electron chi connectivity index (χ2n) is 6.62. The van der Waals surface area contributed by atoms with Gasteiger partial charge in [-0.05, 0) is 43.2 Å². The Hall–Kier alpha value is -3.34. The van der Waals surface area contributed by atoms with E-state index in [2.05, 4.69) is 35.5 Å². The van der Waals surface area contributed by atoms with Crippen LogP contribution in [0.3, 0.4) is 0 Å². The van der Waals surface area contributed by atoms with Crippen molar-refractivity contribution in [3.8, 4) is 16.9 Å². The molecule has 1 N–H and O–H groups in total. The highest BCUT2D eigenvalue weighted by Crippen LogP contribution is 2.27. The summed E-state index contributed by atoms with van der Waals surface area (Å²) in [6.45, 7) is 4.81. The normalized spacial score (nSPS) is 10.9. The summed E-state index contributed by atoms with van der Waals surface area (Å²) in [5, 5.41) is 8.09. The first kappa shape index (κ1) is 18.0. The van der Waals surface area contributed by atoms with Crippen LogP contribution in [0.15, 0.2) is 66.9 Å². The van der Waals surface area contributed by atoms with Crippen LogP contribution in [0.1, 0.15) is 26.0 Å². The number of hydrogen-bond acceptors (Lipinski definition) is 4. The van der Waals surface area contributed by atoms with Crippen LogP contribution in [0.4, 0.5) is 11.5 Å². The molecule has 28 heavy (non-hydrogen) atoms. The molecule has 5 nitrogen and oxygen atoms in total. The van der Waals surface area contributed by atoms with E-state index in [1.54, 1.807) is 0 Å². The molecule has 2 aromatic carbocycles. The van der Waals surface area contributed by atoms with Gasteiger partial charge in [-0.25, -0.2) is 4.98 Å². The molecular formula is C23H24N4O. The van der Waals surface area contributed by atoms with Gasteiger partial charge in [0.15, 0.2) is 5.65 Å². The number of nitrogens with one attached hydrogen (secondary N) is 1. The zero-order chi connectivity index (χ0) is 19.3. The lowest BCUT2D eigenvalue weighted by molar-refractivity contribution is 0.340. The SMILES string of the molecule is CCCc1cc(Nc2ccc(OCC)cc2)n2ncc(-c3ccccc3)c2n1. The minimum atomic E-state index is 0.660. The smallest absolute Gasteiger partial charge is 0.165 e. The molecule has 0 amide bonds. The lowest BCUT2D eigenvalue weighted by Gasteiger charge is -2.12. The molecule has 0 aliphatic rings. The second kappa shape index (κ2) is 8.13. The van der Waals surface area contributed by atoms with E-state index in [1.807, 2.05) is 60.1 Å². The van der Waals surface area contributed by atoms with Gasteiger partial charge in [0.05, 0.1) is 12.8 Å². The molecular weight excluding hydrogens is 348 g/mol. The Kier molecular flexibility index (Phi) is 5.24. The topological polar surface area (TPSA) is 51.5 Å². The van der Waals surface area contributed by atoms with E-state index >= 15 is 0 Å². The highest BCUT2D eigenvalue weighted by molar-refractivity contribution is 5.78. The molecule has 142 valence electrons. The predicted octanol–water partition coefficient (Wildman–Crippen LogP) is 5.49. The van der Waals surface area contributed by atoms with Gasteiger partial charge < -0.3 is 10.1 Å². The summed E-state index contributed by atoms with van der Waals surface area (Å²) in [6.07, 6.45) is 3.85. The molecule has 5 heteroatoms. The van der Waals surface area contributed by atoms with Gasteiger partial charge in [0.2, 0.25) is 0 Å². The standard InChI is InChI=1S/C23H24N4O/c1-3-8-19-15-22(25-18-11-13-20(14-12-18)28-4-2)27-23(26-19)21(16-24-27)17-9-6-5-7-10-17/h5-7,9-16,25H,3-4,8H2,1-2H3. The molecule has 0 unspecified atom stereocenters. The average Bonchev–Trinajstić information content (AvgIpc) is 3.15. The molecule has 4 rings (SSSR count). The summed E-state index contributed by atoms with van der Waals surface area (Å²) < 4.78 is 7.40. The first-order valence-electron chi connectivity index (χ1n) is 9.71. The first-order valence-corrected chi connectivity index (χ1v) is 9.71. The second-order valence-corrected chi connectivity index (χ2v) is 6.62. The van der Waals surface area contributed by atoms with Crippen molar-refractivity contribution in [2.45, 2.75) is 26.7 Å². The largest absolute Gasteiger partial charge is 0.494 e. The van der Waals surface area contributed by atoms with Gasteiger partial charge in [-0.1, -0.05) is 43.7 Å². The highest BCUT2D eigenvalue weighted by atomic mass is 16.5. The number of fused-ring (bicyclic) bond motifs is 1. The maximum absolute atomic E-state index is 5.53. The molecule has 0 radical (unpaired) electrons. The summed E-state index contributed by atoms with van der Waals surface area (Å²) in [4.78, 5) is 4.88. The first-order chi connectivity index (χ1) is 13.8. The number of aromatic nitrogens is 3. The van der Waals surface area contributed by atoms with Crippen molar-refractivity contribution in [3.05, 3.63) is 72.6 Å². The van der Waals surface area contributed by atoms with E-state index in [9.17, 15) is 0 Å². The van der Waals surface area contributed by atoms with E-state index in [0.29, 0.717) is 6.61 Å². The number of rotatable bonds is 7. The number of hydrogen-bond donors (Lipinski definition) is 1.